The molecule has 0 radical (unpaired) electrons. The van der Waals surface area contributed by atoms with Crippen molar-refractivity contribution < 1.29 is 14.8 Å². The molecule has 2 atom stereocenters. The van der Waals surface area contributed by atoms with E-state index in [1.807, 2.05) is 6.92 Å². The number of nitro groups is 1. The van der Waals surface area contributed by atoms with Gasteiger partial charge in [0.1, 0.15) is 0 Å². The van der Waals surface area contributed by atoms with Crippen LogP contribution in [0.4, 0.5) is 11.4 Å². The van der Waals surface area contributed by atoms with Crippen LogP contribution in [0.2, 0.25) is 0 Å². The monoisotopic (exact) mass is 321 g/mol. The van der Waals surface area contributed by atoms with Gasteiger partial charge in [-0.2, -0.15) is 0 Å². The molecule has 2 rings (SSSR count). The van der Waals surface area contributed by atoms with E-state index in [1.54, 1.807) is 19.1 Å². The summed E-state index contributed by atoms with van der Waals surface area (Å²) in [6.45, 7) is 5.16. The molecule has 1 aromatic carbocycles. The maximum absolute atomic E-state index is 12.3. The van der Waals surface area contributed by atoms with Crippen molar-refractivity contribution in [3.63, 3.8) is 0 Å². The second-order valence-corrected chi connectivity index (χ2v) is 6.09. The first-order valence-corrected chi connectivity index (χ1v) is 7.86. The molecule has 1 aliphatic heterocycles. The van der Waals surface area contributed by atoms with Gasteiger partial charge in [-0.1, -0.05) is 6.07 Å². The molecular formula is C16H23N3O4. The third-order valence-electron chi connectivity index (χ3n) is 4.51. The molecule has 0 spiro atoms. The van der Waals surface area contributed by atoms with Gasteiger partial charge >= 0.3 is 0 Å². The molecule has 2 unspecified atom stereocenters. The highest BCUT2D eigenvalue weighted by Crippen LogP contribution is 2.23. The molecule has 1 aliphatic rings. The summed E-state index contributed by atoms with van der Waals surface area (Å²) in [6, 6.07) is 5.61. The Balaban J connectivity index is 1.93. The van der Waals surface area contributed by atoms with E-state index in [0.717, 1.165) is 25.9 Å². The van der Waals surface area contributed by atoms with Gasteiger partial charge in [-0.3, -0.25) is 19.8 Å². The van der Waals surface area contributed by atoms with Crippen molar-refractivity contribution in [3.8, 4) is 0 Å². The van der Waals surface area contributed by atoms with E-state index in [-0.39, 0.29) is 23.7 Å². The summed E-state index contributed by atoms with van der Waals surface area (Å²) in [7, 11) is 0. The van der Waals surface area contributed by atoms with Crippen LogP contribution in [0, 0.1) is 16.0 Å². The zero-order valence-electron chi connectivity index (χ0n) is 13.4. The summed E-state index contributed by atoms with van der Waals surface area (Å²) in [6.07, 6.45) is 1.42. The number of carbonyl (C=O) groups is 1. The molecule has 0 bridgehead atoms. The van der Waals surface area contributed by atoms with Crippen LogP contribution in [0.1, 0.15) is 26.7 Å². The Morgan fingerprint density at radius 1 is 1.39 bits per heavy atom. The molecule has 23 heavy (non-hydrogen) atoms. The molecule has 1 fully saturated rings. The lowest BCUT2D eigenvalue weighted by Gasteiger charge is -2.36. The molecule has 0 saturated carbocycles. The summed E-state index contributed by atoms with van der Waals surface area (Å²) < 4.78 is 0. The Kier molecular flexibility index (Phi) is 5.68. The van der Waals surface area contributed by atoms with E-state index in [4.69, 9.17) is 0 Å². The largest absolute Gasteiger partial charge is 0.393 e. The topological polar surface area (TPSA) is 95.7 Å². The van der Waals surface area contributed by atoms with Gasteiger partial charge in [0.05, 0.1) is 17.1 Å². The molecule has 2 N–H and O–H groups in total. The fraction of sp³-hybridized carbons (Fsp3) is 0.562. The van der Waals surface area contributed by atoms with Crippen molar-refractivity contribution in [1.82, 2.24) is 4.90 Å². The van der Waals surface area contributed by atoms with Crippen LogP contribution in [0.25, 0.3) is 0 Å². The number of hydrogen-bond acceptors (Lipinski definition) is 5. The normalized spacial score (nSPS) is 19.1. The van der Waals surface area contributed by atoms with E-state index in [2.05, 4.69) is 10.2 Å². The third kappa shape index (κ3) is 4.49. The zero-order chi connectivity index (χ0) is 17.0. The summed E-state index contributed by atoms with van der Waals surface area (Å²) >= 11 is 0. The second-order valence-electron chi connectivity index (χ2n) is 6.09. The van der Waals surface area contributed by atoms with E-state index >= 15 is 0 Å². The number of benzene rings is 1. The van der Waals surface area contributed by atoms with Gasteiger partial charge < -0.3 is 10.4 Å². The molecule has 1 aromatic rings. The Bertz CT molecular complexity index is 568. The van der Waals surface area contributed by atoms with Crippen molar-refractivity contribution in [3.05, 3.63) is 34.4 Å². The average molecular weight is 321 g/mol. The van der Waals surface area contributed by atoms with Crippen LogP contribution < -0.4 is 5.32 Å². The Labute approximate surface area is 135 Å². The summed E-state index contributed by atoms with van der Waals surface area (Å²) in [5.74, 6) is 0.110. The number of aliphatic hydroxyl groups is 1. The number of carbonyl (C=O) groups excluding carboxylic acids is 1. The minimum absolute atomic E-state index is 0.0480. The second kappa shape index (κ2) is 7.52. The van der Waals surface area contributed by atoms with Gasteiger partial charge in [0.15, 0.2) is 0 Å². The number of aliphatic hydroxyl groups excluding tert-OH is 1. The van der Waals surface area contributed by atoms with E-state index in [1.165, 1.54) is 12.1 Å². The maximum Gasteiger partial charge on any atom is 0.271 e. The van der Waals surface area contributed by atoms with Gasteiger partial charge in [0.25, 0.3) is 5.69 Å². The fourth-order valence-corrected chi connectivity index (χ4v) is 2.90. The van der Waals surface area contributed by atoms with Gasteiger partial charge in [0.2, 0.25) is 5.91 Å². The van der Waals surface area contributed by atoms with Crippen molar-refractivity contribution in [2.75, 3.05) is 18.4 Å². The number of piperidine rings is 1. The average Bonchev–Trinajstić information content (AvgIpc) is 2.54. The first-order valence-electron chi connectivity index (χ1n) is 7.86. The van der Waals surface area contributed by atoms with E-state index in [0.29, 0.717) is 11.6 Å². The highest BCUT2D eigenvalue weighted by molar-refractivity contribution is 5.94. The number of rotatable bonds is 5. The third-order valence-corrected chi connectivity index (χ3v) is 4.51. The molecule has 1 heterocycles. The predicted molar refractivity (Wildman–Crippen MR) is 87.2 cm³/mol. The molecule has 0 aromatic heterocycles. The molecule has 1 amide bonds. The number of amides is 1. The lowest BCUT2D eigenvalue weighted by molar-refractivity contribution is -0.384. The number of nitro benzene ring substituents is 1. The predicted octanol–water partition coefficient (Wildman–Crippen LogP) is 2.01. The quantitative estimate of drug-likeness (QED) is 0.639. The minimum Gasteiger partial charge on any atom is -0.393 e. The smallest absolute Gasteiger partial charge is 0.271 e. The van der Waals surface area contributed by atoms with Gasteiger partial charge in [0, 0.05) is 17.8 Å². The summed E-state index contributed by atoms with van der Waals surface area (Å²) in [5.41, 5.74) is 0.378. The van der Waals surface area contributed by atoms with Crippen LogP contribution >= 0.6 is 0 Å². The standard InChI is InChI=1S/C16H23N3O4/c1-11(18-8-6-13(7-9-18)12(2)20)16(21)17-14-4-3-5-15(10-14)19(22)23/h3-5,10-13,20H,6-9H2,1-2H3,(H,17,21). The molecule has 126 valence electrons. The van der Waals surface area contributed by atoms with Crippen molar-refractivity contribution in [1.29, 1.82) is 0 Å². The molecule has 7 heteroatoms. The molecular weight excluding hydrogens is 298 g/mol. The number of nitrogens with zero attached hydrogens (tertiary/aromatic N) is 2. The summed E-state index contributed by atoms with van der Waals surface area (Å²) in [5, 5.41) is 23.1. The molecule has 0 aliphatic carbocycles. The molecule has 1 saturated heterocycles. The Morgan fingerprint density at radius 3 is 2.61 bits per heavy atom. The highest BCUT2D eigenvalue weighted by atomic mass is 16.6. The van der Waals surface area contributed by atoms with Crippen molar-refractivity contribution in [2.45, 2.75) is 38.8 Å². The van der Waals surface area contributed by atoms with Crippen LogP contribution in [0.15, 0.2) is 24.3 Å². The lowest BCUT2D eigenvalue weighted by atomic mass is 9.91. The zero-order valence-corrected chi connectivity index (χ0v) is 13.4. The first-order chi connectivity index (χ1) is 10.9. The number of non-ortho nitro benzene ring substituents is 1. The number of anilines is 1. The van der Waals surface area contributed by atoms with Crippen molar-refractivity contribution >= 4 is 17.3 Å². The summed E-state index contributed by atoms with van der Waals surface area (Å²) in [4.78, 5) is 24.7. The first kappa shape index (κ1) is 17.4. The lowest BCUT2D eigenvalue weighted by Crippen LogP contribution is -2.47. The highest BCUT2D eigenvalue weighted by Gasteiger charge is 2.28. The van der Waals surface area contributed by atoms with Crippen molar-refractivity contribution in [2.24, 2.45) is 5.92 Å². The Morgan fingerprint density at radius 2 is 2.04 bits per heavy atom. The van der Waals surface area contributed by atoms with Gasteiger partial charge in [-0.15, -0.1) is 0 Å². The van der Waals surface area contributed by atoms with Crippen LogP contribution in [0.3, 0.4) is 0 Å². The SMILES string of the molecule is CC(O)C1CCN(C(C)C(=O)Nc2cccc([N+](=O)[O-])c2)CC1. The maximum atomic E-state index is 12.3. The van der Waals surface area contributed by atoms with E-state index < -0.39 is 4.92 Å². The number of nitrogens with one attached hydrogen (secondary N) is 1. The van der Waals surface area contributed by atoms with Crippen LogP contribution in [-0.4, -0.2) is 46.1 Å². The Hall–Kier alpha value is -1.99. The number of likely N-dealkylation sites (tertiary alicyclic amines) is 1. The van der Waals surface area contributed by atoms with E-state index in [9.17, 15) is 20.0 Å². The molecule has 7 nitrogen and oxygen atoms in total. The van der Waals surface area contributed by atoms with Gasteiger partial charge in [-0.05, 0) is 51.8 Å². The minimum atomic E-state index is -0.486. The van der Waals surface area contributed by atoms with Crippen LogP contribution in [0.5, 0.6) is 0 Å². The number of hydrogen-bond donors (Lipinski definition) is 2. The van der Waals surface area contributed by atoms with Crippen LogP contribution in [-0.2, 0) is 4.79 Å². The fourth-order valence-electron chi connectivity index (χ4n) is 2.90. The van der Waals surface area contributed by atoms with Gasteiger partial charge in [-0.25, -0.2) is 0 Å².